The van der Waals surface area contributed by atoms with Crippen molar-refractivity contribution in [2.75, 3.05) is 5.32 Å². The fourth-order valence-corrected chi connectivity index (χ4v) is 2.27. The van der Waals surface area contributed by atoms with Gasteiger partial charge in [0.1, 0.15) is 10.8 Å². The number of nitrogens with zero attached hydrogens (tertiary/aromatic N) is 1. The van der Waals surface area contributed by atoms with Crippen LogP contribution in [0.15, 0.2) is 30.3 Å². The standard InChI is InChI=1S/C14H15N3S/c1-8-6-12(8)17-14-10(13(15)18)7-9-4-2-3-5-11(9)16-14/h2-5,7-8,12H,6H2,1H3,(H2,15,18)(H,16,17). The predicted octanol–water partition coefficient (Wildman–Crippen LogP) is 2.69. The van der Waals surface area contributed by atoms with Crippen LogP contribution in [0.4, 0.5) is 5.82 Å². The van der Waals surface area contributed by atoms with Gasteiger partial charge in [-0.25, -0.2) is 4.98 Å². The van der Waals surface area contributed by atoms with E-state index in [0.717, 1.165) is 22.3 Å². The molecule has 3 rings (SSSR count). The molecule has 92 valence electrons. The van der Waals surface area contributed by atoms with Gasteiger partial charge in [-0.05, 0) is 24.5 Å². The van der Waals surface area contributed by atoms with E-state index < -0.39 is 0 Å². The van der Waals surface area contributed by atoms with E-state index in [1.807, 2.05) is 30.3 Å². The van der Waals surface area contributed by atoms with Crippen LogP contribution in [0.3, 0.4) is 0 Å². The van der Waals surface area contributed by atoms with Crippen LogP contribution >= 0.6 is 12.2 Å². The fraction of sp³-hybridized carbons (Fsp3) is 0.286. The second-order valence-electron chi connectivity index (χ2n) is 4.91. The van der Waals surface area contributed by atoms with E-state index >= 15 is 0 Å². The quantitative estimate of drug-likeness (QED) is 0.830. The lowest BCUT2D eigenvalue weighted by Crippen LogP contribution is -2.16. The van der Waals surface area contributed by atoms with Crippen LogP contribution in [0.2, 0.25) is 0 Å². The number of hydrogen-bond acceptors (Lipinski definition) is 3. The molecule has 18 heavy (non-hydrogen) atoms. The van der Waals surface area contributed by atoms with E-state index in [-0.39, 0.29) is 0 Å². The molecule has 0 radical (unpaired) electrons. The molecule has 1 aliphatic carbocycles. The first-order chi connectivity index (χ1) is 8.65. The molecule has 4 heteroatoms. The summed E-state index contributed by atoms with van der Waals surface area (Å²) >= 11 is 5.11. The average molecular weight is 257 g/mol. The minimum Gasteiger partial charge on any atom is -0.389 e. The van der Waals surface area contributed by atoms with Gasteiger partial charge >= 0.3 is 0 Å². The van der Waals surface area contributed by atoms with Crippen molar-refractivity contribution in [1.29, 1.82) is 0 Å². The molecule has 0 bridgehead atoms. The average Bonchev–Trinajstić information content (AvgIpc) is 3.04. The molecule has 1 aromatic carbocycles. The molecule has 3 nitrogen and oxygen atoms in total. The Hall–Kier alpha value is -1.68. The van der Waals surface area contributed by atoms with E-state index in [4.69, 9.17) is 18.0 Å². The molecule has 2 atom stereocenters. The summed E-state index contributed by atoms with van der Waals surface area (Å²) in [5.41, 5.74) is 7.59. The number of rotatable bonds is 3. The molecule has 3 N–H and O–H groups in total. The number of nitrogens with two attached hydrogens (primary N) is 1. The lowest BCUT2D eigenvalue weighted by atomic mass is 10.1. The van der Waals surface area contributed by atoms with Crippen molar-refractivity contribution >= 4 is 33.9 Å². The maximum atomic E-state index is 5.79. The second kappa shape index (κ2) is 4.21. The molecule has 0 amide bonds. The van der Waals surface area contributed by atoms with Crippen molar-refractivity contribution in [2.45, 2.75) is 19.4 Å². The molecule has 1 aliphatic rings. The molecule has 1 aromatic heterocycles. The van der Waals surface area contributed by atoms with Gasteiger partial charge in [-0.1, -0.05) is 37.3 Å². The Balaban J connectivity index is 2.08. The molecule has 0 aliphatic heterocycles. The zero-order valence-electron chi connectivity index (χ0n) is 10.2. The number of aromatic nitrogens is 1. The van der Waals surface area contributed by atoms with Gasteiger partial charge in [-0.15, -0.1) is 0 Å². The number of anilines is 1. The van der Waals surface area contributed by atoms with Gasteiger partial charge in [0.15, 0.2) is 0 Å². The summed E-state index contributed by atoms with van der Waals surface area (Å²) in [4.78, 5) is 5.03. The van der Waals surface area contributed by atoms with E-state index in [0.29, 0.717) is 16.9 Å². The minimum absolute atomic E-state index is 0.393. The maximum absolute atomic E-state index is 5.79. The maximum Gasteiger partial charge on any atom is 0.137 e. The van der Waals surface area contributed by atoms with Crippen molar-refractivity contribution in [2.24, 2.45) is 11.7 Å². The molecule has 2 unspecified atom stereocenters. The highest BCUT2D eigenvalue weighted by Crippen LogP contribution is 2.33. The molecule has 1 fully saturated rings. The van der Waals surface area contributed by atoms with Gasteiger partial charge in [0, 0.05) is 11.4 Å². The van der Waals surface area contributed by atoms with Crippen LogP contribution < -0.4 is 11.1 Å². The van der Waals surface area contributed by atoms with Crippen molar-refractivity contribution in [3.63, 3.8) is 0 Å². The summed E-state index contributed by atoms with van der Waals surface area (Å²) in [5.74, 6) is 1.52. The third kappa shape index (κ3) is 2.04. The molecule has 0 spiro atoms. The summed E-state index contributed by atoms with van der Waals surface area (Å²) in [6.45, 7) is 2.22. The lowest BCUT2D eigenvalue weighted by molar-refractivity contribution is 0.924. The summed E-state index contributed by atoms with van der Waals surface area (Å²) in [7, 11) is 0. The molecular weight excluding hydrogens is 242 g/mol. The molecule has 2 aromatic rings. The Morgan fingerprint density at radius 3 is 2.83 bits per heavy atom. The first-order valence-electron chi connectivity index (χ1n) is 6.11. The second-order valence-corrected chi connectivity index (χ2v) is 5.35. The normalized spacial score (nSPS) is 21.8. The third-order valence-corrected chi connectivity index (χ3v) is 3.64. The van der Waals surface area contributed by atoms with Crippen LogP contribution in [-0.2, 0) is 0 Å². The predicted molar refractivity (Wildman–Crippen MR) is 78.8 cm³/mol. The third-order valence-electron chi connectivity index (χ3n) is 3.42. The number of nitrogens with one attached hydrogen (secondary N) is 1. The van der Waals surface area contributed by atoms with Gasteiger partial charge < -0.3 is 11.1 Å². The zero-order chi connectivity index (χ0) is 12.7. The molecule has 1 saturated carbocycles. The summed E-state index contributed by atoms with van der Waals surface area (Å²) in [6, 6.07) is 10.5. The number of para-hydroxylation sites is 1. The summed E-state index contributed by atoms with van der Waals surface area (Å²) in [5, 5.41) is 4.49. The fourth-order valence-electron chi connectivity index (χ4n) is 2.11. The monoisotopic (exact) mass is 257 g/mol. The Morgan fingerprint density at radius 2 is 2.17 bits per heavy atom. The van der Waals surface area contributed by atoms with Crippen LogP contribution in [0.1, 0.15) is 18.9 Å². The van der Waals surface area contributed by atoms with E-state index in [9.17, 15) is 0 Å². The number of thiocarbonyl (C=S) groups is 1. The van der Waals surface area contributed by atoms with Gasteiger partial charge in [0.2, 0.25) is 0 Å². The Bertz CT molecular complexity index is 623. The van der Waals surface area contributed by atoms with Crippen molar-refractivity contribution in [3.8, 4) is 0 Å². The van der Waals surface area contributed by atoms with Crippen LogP contribution in [-0.4, -0.2) is 16.0 Å². The SMILES string of the molecule is CC1CC1Nc1nc2ccccc2cc1C(N)=S. The largest absolute Gasteiger partial charge is 0.389 e. The van der Waals surface area contributed by atoms with Gasteiger partial charge in [-0.2, -0.15) is 0 Å². The van der Waals surface area contributed by atoms with Gasteiger partial charge in [0.25, 0.3) is 0 Å². The van der Waals surface area contributed by atoms with Crippen LogP contribution in [0, 0.1) is 5.92 Å². The number of hydrogen-bond donors (Lipinski definition) is 2. The number of pyridine rings is 1. The lowest BCUT2D eigenvalue weighted by Gasteiger charge is -2.11. The van der Waals surface area contributed by atoms with E-state index in [2.05, 4.69) is 17.2 Å². The van der Waals surface area contributed by atoms with E-state index in [1.165, 1.54) is 6.42 Å². The van der Waals surface area contributed by atoms with Crippen LogP contribution in [0.25, 0.3) is 10.9 Å². The highest BCUT2D eigenvalue weighted by molar-refractivity contribution is 7.80. The Kier molecular flexibility index (Phi) is 2.67. The Morgan fingerprint density at radius 1 is 1.44 bits per heavy atom. The van der Waals surface area contributed by atoms with Crippen molar-refractivity contribution in [3.05, 3.63) is 35.9 Å². The Labute approximate surface area is 111 Å². The summed E-state index contributed by atoms with van der Waals surface area (Å²) < 4.78 is 0. The highest BCUT2D eigenvalue weighted by Gasteiger charge is 2.33. The van der Waals surface area contributed by atoms with Crippen molar-refractivity contribution in [1.82, 2.24) is 4.98 Å². The van der Waals surface area contributed by atoms with Gasteiger partial charge in [0.05, 0.1) is 11.1 Å². The summed E-state index contributed by atoms with van der Waals surface area (Å²) in [6.07, 6.45) is 1.19. The first kappa shape index (κ1) is 11.4. The number of benzene rings is 1. The smallest absolute Gasteiger partial charge is 0.137 e. The molecule has 0 saturated heterocycles. The minimum atomic E-state index is 0.393. The zero-order valence-corrected chi connectivity index (χ0v) is 11.0. The van der Waals surface area contributed by atoms with E-state index in [1.54, 1.807) is 0 Å². The number of fused-ring (bicyclic) bond motifs is 1. The molecular formula is C14H15N3S. The van der Waals surface area contributed by atoms with Gasteiger partial charge in [-0.3, -0.25) is 0 Å². The topological polar surface area (TPSA) is 50.9 Å². The van der Waals surface area contributed by atoms with Crippen molar-refractivity contribution < 1.29 is 0 Å². The first-order valence-corrected chi connectivity index (χ1v) is 6.52. The molecule has 1 heterocycles. The highest BCUT2D eigenvalue weighted by atomic mass is 32.1. The van der Waals surface area contributed by atoms with Crippen LogP contribution in [0.5, 0.6) is 0 Å².